The molecule has 2 aromatic rings. The van der Waals surface area contributed by atoms with Gasteiger partial charge < -0.3 is 10.1 Å². The molecule has 2 rings (SSSR count). The molecule has 5 nitrogen and oxygen atoms in total. The van der Waals surface area contributed by atoms with Crippen LogP contribution in [0.2, 0.25) is 5.02 Å². The molecule has 2 heterocycles. The lowest BCUT2D eigenvalue weighted by Crippen LogP contribution is -2.05. The van der Waals surface area contributed by atoms with Crippen molar-refractivity contribution in [3.63, 3.8) is 0 Å². The van der Waals surface area contributed by atoms with Crippen LogP contribution in [0.4, 0.5) is 5.82 Å². The molecule has 0 radical (unpaired) electrons. The average molecular weight is 279 g/mol. The zero-order valence-corrected chi connectivity index (χ0v) is 11.6. The van der Waals surface area contributed by atoms with Crippen molar-refractivity contribution < 1.29 is 4.74 Å². The number of pyridine rings is 1. The van der Waals surface area contributed by atoms with E-state index in [0.717, 1.165) is 24.3 Å². The Kier molecular flexibility index (Phi) is 4.52. The average Bonchev–Trinajstić information content (AvgIpc) is 2.40. The quantitative estimate of drug-likeness (QED) is 0.908. The van der Waals surface area contributed by atoms with Crippen LogP contribution < -0.4 is 10.1 Å². The zero-order valence-electron chi connectivity index (χ0n) is 10.9. The smallest absolute Gasteiger partial charge is 0.227 e. The Morgan fingerprint density at radius 3 is 2.89 bits per heavy atom. The second-order valence-corrected chi connectivity index (χ2v) is 4.46. The van der Waals surface area contributed by atoms with Crippen LogP contribution in [-0.2, 0) is 0 Å². The fraction of sp³-hybridized carbons (Fsp3) is 0.308. The Morgan fingerprint density at radius 2 is 2.16 bits per heavy atom. The Bertz CT molecular complexity index is 562. The number of rotatable bonds is 5. The molecule has 0 atom stereocenters. The molecule has 0 spiro atoms. The first kappa shape index (κ1) is 13.5. The standard InChI is InChI=1S/C13H15ClN4O/c1-3-4-16-12-9(2)13(18-8-17-12)19-11-5-10(14)6-15-7-11/h5-8H,3-4H2,1-2H3,(H,16,17,18). The van der Waals surface area contributed by atoms with Gasteiger partial charge in [-0.1, -0.05) is 18.5 Å². The molecule has 0 aliphatic rings. The Morgan fingerprint density at radius 1 is 1.32 bits per heavy atom. The summed E-state index contributed by atoms with van der Waals surface area (Å²) < 4.78 is 5.67. The summed E-state index contributed by atoms with van der Waals surface area (Å²) in [5.74, 6) is 1.83. The van der Waals surface area contributed by atoms with E-state index < -0.39 is 0 Å². The predicted molar refractivity (Wildman–Crippen MR) is 74.9 cm³/mol. The van der Waals surface area contributed by atoms with Gasteiger partial charge in [0.1, 0.15) is 17.9 Å². The third kappa shape index (κ3) is 3.54. The lowest BCUT2D eigenvalue weighted by molar-refractivity contribution is 0.455. The number of anilines is 1. The van der Waals surface area contributed by atoms with Crippen LogP contribution >= 0.6 is 11.6 Å². The largest absolute Gasteiger partial charge is 0.437 e. The highest BCUT2D eigenvalue weighted by molar-refractivity contribution is 6.30. The molecule has 6 heteroatoms. The van der Waals surface area contributed by atoms with Crippen molar-refractivity contribution in [2.45, 2.75) is 20.3 Å². The molecule has 0 saturated carbocycles. The van der Waals surface area contributed by atoms with Crippen molar-refractivity contribution in [2.24, 2.45) is 0 Å². The van der Waals surface area contributed by atoms with Crippen molar-refractivity contribution in [3.05, 3.63) is 35.4 Å². The molecule has 0 aliphatic heterocycles. The Labute approximate surface area is 117 Å². The van der Waals surface area contributed by atoms with Crippen LogP contribution in [0.5, 0.6) is 11.6 Å². The highest BCUT2D eigenvalue weighted by Crippen LogP contribution is 2.26. The normalized spacial score (nSPS) is 10.3. The van der Waals surface area contributed by atoms with Crippen LogP contribution in [-0.4, -0.2) is 21.5 Å². The third-order valence-corrected chi connectivity index (χ3v) is 2.68. The monoisotopic (exact) mass is 278 g/mol. The predicted octanol–water partition coefficient (Wildman–Crippen LogP) is 3.45. The fourth-order valence-corrected chi connectivity index (χ4v) is 1.68. The van der Waals surface area contributed by atoms with E-state index in [-0.39, 0.29) is 0 Å². The van der Waals surface area contributed by atoms with Crippen LogP contribution in [0.3, 0.4) is 0 Å². The second-order valence-electron chi connectivity index (χ2n) is 4.02. The minimum atomic E-state index is 0.498. The first-order valence-electron chi connectivity index (χ1n) is 6.04. The SMILES string of the molecule is CCCNc1ncnc(Oc2cncc(Cl)c2)c1C. The molecule has 19 heavy (non-hydrogen) atoms. The van der Waals surface area contributed by atoms with Gasteiger partial charge in [-0.15, -0.1) is 0 Å². The van der Waals surface area contributed by atoms with E-state index >= 15 is 0 Å². The minimum Gasteiger partial charge on any atom is -0.437 e. The molecule has 0 saturated heterocycles. The Hall–Kier alpha value is -1.88. The van der Waals surface area contributed by atoms with Crippen LogP contribution in [0, 0.1) is 6.92 Å². The van der Waals surface area contributed by atoms with Gasteiger partial charge in [0.25, 0.3) is 0 Å². The van der Waals surface area contributed by atoms with Crippen LogP contribution in [0.15, 0.2) is 24.8 Å². The summed E-state index contributed by atoms with van der Waals surface area (Å²) >= 11 is 5.86. The minimum absolute atomic E-state index is 0.498. The van der Waals surface area contributed by atoms with E-state index in [4.69, 9.17) is 16.3 Å². The van der Waals surface area contributed by atoms with Crippen LogP contribution in [0.1, 0.15) is 18.9 Å². The highest BCUT2D eigenvalue weighted by atomic mass is 35.5. The van der Waals surface area contributed by atoms with Crippen LogP contribution in [0.25, 0.3) is 0 Å². The number of hydrogen-bond acceptors (Lipinski definition) is 5. The van der Waals surface area contributed by atoms with Gasteiger partial charge in [0.05, 0.1) is 16.8 Å². The van der Waals surface area contributed by atoms with Crippen molar-refractivity contribution in [2.75, 3.05) is 11.9 Å². The molecule has 0 bridgehead atoms. The molecular weight excluding hydrogens is 264 g/mol. The van der Waals surface area contributed by atoms with E-state index in [0.29, 0.717) is 16.7 Å². The number of halogens is 1. The van der Waals surface area contributed by atoms with E-state index in [2.05, 4.69) is 27.2 Å². The summed E-state index contributed by atoms with van der Waals surface area (Å²) in [6.07, 6.45) is 5.64. The summed E-state index contributed by atoms with van der Waals surface area (Å²) in [5, 5.41) is 3.75. The Balaban J connectivity index is 2.20. The van der Waals surface area contributed by atoms with Gasteiger partial charge in [-0.05, 0) is 13.3 Å². The fourth-order valence-electron chi connectivity index (χ4n) is 1.52. The third-order valence-electron chi connectivity index (χ3n) is 2.47. The first-order chi connectivity index (χ1) is 9.20. The van der Waals surface area contributed by atoms with Gasteiger partial charge >= 0.3 is 0 Å². The topological polar surface area (TPSA) is 59.9 Å². The lowest BCUT2D eigenvalue weighted by Gasteiger charge is -2.11. The lowest BCUT2D eigenvalue weighted by atomic mass is 10.3. The molecule has 0 fully saturated rings. The highest BCUT2D eigenvalue weighted by Gasteiger charge is 2.09. The number of ether oxygens (including phenoxy) is 1. The maximum Gasteiger partial charge on any atom is 0.227 e. The number of aromatic nitrogens is 3. The van der Waals surface area contributed by atoms with Gasteiger partial charge in [-0.2, -0.15) is 0 Å². The van der Waals surface area contributed by atoms with E-state index in [1.165, 1.54) is 6.33 Å². The van der Waals surface area contributed by atoms with Crippen molar-refractivity contribution in [3.8, 4) is 11.6 Å². The number of nitrogens with one attached hydrogen (secondary N) is 1. The van der Waals surface area contributed by atoms with Crippen molar-refractivity contribution in [1.82, 2.24) is 15.0 Å². The van der Waals surface area contributed by atoms with E-state index in [9.17, 15) is 0 Å². The van der Waals surface area contributed by atoms with Gasteiger partial charge in [0.2, 0.25) is 5.88 Å². The van der Waals surface area contributed by atoms with E-state index in [1.807, 2.05) is 6.92 Å². The molecule has 100 valence electrons. The van der Waals surface area contributed by atoms with Gasteiger partial charge in [-0.3, -0.25) is 4.98 Å². The van der Waals surface area contributed by atoms with Crippen molar-refractivity contribution in [1.29, 1.82) is 0 Å². The molecule has 0 unspecified atom stereocenters. The van der Waals surface area contributed by atoms with Gasteiger partial charge in [-0.25, -0.2) is 9.97 Å². The number of nitrogens with zero attached hydrogens (tertiary/aromatic N) is 3. The number of hydrogen-bond donors (Lipinski definition) is 1. The molecule has 0 aromatic carbocycles. The second kappa shape index (κ2) is 6.33. The first-order valence-corrected chi connectivity index (χ1v) is 6.42. The summed E-state index contributed by atoms with van der Waals surface area (Å²) in [7, 11) is 0. The van der Waals surface area contributed by atoms with Gasteiger partial charge in [0, 0.05) is 18.8 Å². The molecular formula is C13H15ClN4O. The maximum atomic E-state index is 5.86. The molecule has 0 aliphatic carbocycles. The van der Waals surface area contributed by atoms with E-state index in [1.54, 1.807) is 18.5 Å². The summed E-state index contributed by atoms with van der Waals surface area (Å²) in [6.45, 7) is 4.86. The van der Waals surface area contributed by atoms with Gasteiger partial charge in [0.15, 0.2) is 0 Å². The summed E-state index contributed by atoms with van der Waals surface area (Å²) in [6, 6.07) is 1.69. The molecule has 0 amide bonds. The summed E-state index contributed by atoms with van der Waals surface area (Å²) in [5.41, 5.74) is 0.857. The summed E-state index contributed by atoms with van der Waals surface area (Å²) in [4.78, 5) is 12.3. The molecule has 1 N–H and O–H groups in total. The molecule has 2 aromatic heterocycles. The zero-order chi connectivity index (χ0) is 13.7. The maximum absolute atomic E-state index is 5.86. The van der Waals surface area contributed by atoms with Crippen molar-refractivity contribution >= 4 is 17.4 Å².